The van der Waals surface area contributed by atoms with Crippen LogP contribution in [-0.2, 0) is 26.3 Å². The Hall–Kier alpha value is -6.04. The molecule has 7 rings (SSSR count). The molecular weight excluding hydrogens is 674 g/mol. The smallest absolute Gasteiger partial charge is 0.262 e. The average molecular weight is 716 g/mol. The summed E-state index contributed by atoms with van der Waals surface area (Å²) in [4.78, 5) is 59.8. The molecule has 1 atom stereocenters. The van der Waals surface area contributed by atoms with Gasteiger partial charge in [0.15, 0.2) is 11.6 Å². The van der Waals surface area contributed by atoms with Crippen molar-refractivity contribution in [2.75, 3.05) is 11.9 Å². The maximum Gasteiger partial charge on any atom is 0.262 e. The second-order valence-electron chi connectivity index (χ2n) is 14.0. The lowest BCUT2D eigenvalue weighted by Gasteiger charge is -2.36. The standard InChI is InChI=1S/C41H41N5O7/c1-5-51-24(2)37-42-19-18-28(44-37)23-52-30-11-6-25(7-12-30)41(3,4)26-8-13-31(14-9-26)53-32-20-29(21-32)43-27-10-15-33-34(22-27)40(50)46(39(33)49)35-16-17-36(47)45-38(35)48/h6-15,18-19,22,29,32,35,43H,2,5,16-17,20-21,23H2,1,3-4H3,(H,45,47,48)/t29-,32+,35?. The largest absolute Gasteiger partial charge is 0.491 e. The van der Waals surface area contributed by atoms with Crippen LogP contribution in [0, 0.1) is 0 Å². The number of piperidine rings is 1. The van der Waals surface area contributed by atoms with E-state index < -0.39 is 29.7 Å². The number of carbonyl (C=O) groups is 4. The van der Waals surface area contributed by atoms with Gasteiger partial charge < -0.3 is 19.5 Å². The highest BCUT2D eigenvalue weighted by atomic mass is 16.5. The molecule has 2 N–H and O–H groups in total. The summed E-state index contributed by atoms with van der Waals surface area (Å²) in [7, 11) is 0. The molecule has 4 amide bonds. The average Bonchev–Trinajstić information content (AvgIpc) is 3.38. The molecule has 272 valence electrons. The van der Waals surface area contributed by atoms with E-state index in [9.17, 15) is 19.2 Å². The molecule has 0 radical (unpaired) electrons. The van der Waals surface area contributed by atoms with E-state index in [2.05, 4.69) is 65.3 Å². The zero-order chi connectivity index (χ0) is 37.3. The highest BCUT2D eigenvalue weighted by Crippen LogP contribution is 2.36. The highest BCUT2D eigenvalue weighted by Gasteiger charge is 2.45. The van der Waals surface area contributed by atoms with Crippen molar-refractivity contribution in [2.45, 2.75) is 76.7 Å². The summed E-state index contributed by atoms with van der Waals surface area (Å²) >= 11 is 0. The SMILES string of the molecule is C=C(OCC)c1nccc(COc2ccc(C(C)(C)c3ccc(O[C@H]4C[C@@H](Nc5ccc6c(c5)C(=O)N(C5CCC(=O)NC5=O)C6=O)C4)cc3)cc2)n1. The van der Waals surface area contributed by atoms with Crippen LogP contribution in [0.5, 0.6) is 11.5 Å². The Balaban J connectivity index is 0.893. The lowest BCUT2D eigenvalue weighted by Crippen LogP contribution is -2.54. The van der Waals surface area contributed by atoms with E-state index in [1.165, 1.54) is 0 Å². The maximum atomic E-state index is 13.2. The van der Waals surface area contributed by atoms with E-state index in [0.717, 1.165) is 46.1 Å². The van der Waals surface area contributed by atoms with Crippen molar-refractivity contribution in [3.05, 3.63) is 119 Å². The molecule has 1 unspecified atom stereocenters. The first-order valence-corrected chi connectivity index (χ1v) is 17.8. The van der Waals surface area contributed by atoms with Gasteiger partial charge in [0, 0.05) is 42.6 Å². The van der Waals surface area contributed by atoms with Crippen LogP contribution in [0.25, 0.3) is 5.76 Å². The number of carbonyl (C=O) groups excluding carboxylic acids is 4. The molecule has 4 aromatic rings. The molecule has 1 aliphatic carbocycles. The fourth-order valence-corrected chi connectivity index (χ4v) is 6.86. The van der Waals surface area contributed by atoms with E-state index in [4.69, 9.17) is 14.2 Å². The molecule has 12 nitrogen and oxygen atoms in total. The van der Waals surface area contributed by atoms with Gasteiger partial charge in [-0.3, -0.25) is 29.4 Å². The highest BCUT2D eigenvalue weighted by molar-refractivity contribution is 6.23. The molecule has 0 bridgehead atoms. The van der Waals surface area contributed by atoms with Crippen molar-refractivity contribution in [2.24, 2.45) is 0 Å². The number of fused-ring (bicyclic) bond motifs is 1. The molecule has 1 saturated carbocycles. The molecule has 1 aromatic heterocycles. The number of benzene rings is 3. The lowest BCUT2D eigenvalue weighted by atomic mass is 9.78. The topological polar surface area (TPSA) is 149 Å². The van der Waals surface area contributed by atoms with E-state index in [-0.39, 0.29) is 41.5 Å². The fourth-order valence-electron chi connectivity index (χ4n) is 6.86. The van der Waals surface area contributed by atoms with Crippen LogP contribution >= 0.6 is 0 Å². The van der Waals surface area contributed by atoms with Gasteiger partial charge in [-0.15, -0.1) is 0 Å². The van der Waals surface area contributed by atoms with Crippen LogP contribution in [0.15, 0.2) is 85.6 Å². The third kappa shape index (κ3) is 7.35. The first-order valence-electron chi connectivity index (χ1n) is 17.8. The summed E-state index contributed by atoms with van der Waals surface area (Å²) in [6, 6.07) is 22.3. The van der Waals surface area contributed by atoms with Crippen molar-refractivity contribution < 1.29 is 33.4 Å². The third-order valence-electron chi connectivity index (χ3n) is 10.0. The van der Waals surface area contributed by atoms with Crippen LogP contribution in [0.4, 0.5) is 5.69 Å². The van der Waals surface area contributed by atoms with Crippen LogP contribution in [0.3, 0.4) is 0 Å². The molecule has 12 heteroatoms. The third-order valence-corrected chi connectivity index (χ3v) is 10.0. The van der Waals surface area contributed by atoms with E-state index in [1.54, 1.807) is 30.5 Å². The quantitative estimate of drug-likeness (QED) is 0.128. The zero-order valence-corrected chi connectivity index (χ0v) is 29.9. The number of rotatable bonds is 13. The normalized spacial score (nSPS) is 19.6. The number of aromatic nitrogens is 2. The first-order chi connectivity index (χ1) is 25.5. The van der Waals surface area contributed by atoms with Gasteiger partial charge in [0.05, 0.1) is 23.4 Å². The Morgan fingerprint density at radius 1 is 0.925 bits per heavy atom. The predicted octanol–water partition coefficient (Wildman–Crippen LogP) is 5.81. The minimum atomic E-state index is -0.988. The summed E-state index contributed by atoms with van der Waals surface area (Å²) in [5, 5.41) is 5.66. The molecule has 3 aromatic carbocycles. The minimum absolute atomic E-state index is 0.0389. The minimum Gasteiger partial charge on any atom is -0.491 e. The number of nitrogens with one attached hydrogen (secondary N) is 2. The number of ether oxygens (including phenoxy) is 3. The summed E-state index contributed by atoms with van der Waals surface area (Å²) in [6.07, 6.45) is 3.46. The Bertz CT molecular complexity index is 2070. The molecule has 3 aliphatic rings. The molecule has 0 spiro atoms. The van der Waals surface area contributed by atoms with Crippen molar-refractivity contribution in [3.63, 3.8) is 0 Å². The fraction of sp³-hybridized carbons (Fsp3) is 0.317. The van der Waals surface area contributed by atoms with Crippen LogP contribution in [0.2, 0.25) is 0 Å². The van der Waals surface area contributed by atoms with Gasteiger partial charge in [-0.2, -0.15) is 0 Å². The molecule has 2 aliphatic heterocycles. The number of hydrogen-bond donors (Lipinski definition) is 2. The van der Waals surface area contributed by atoms with Gasteiger partial charge in [0.25, 0.3) is 11.8 Å². The maximum absolute atomic E-state index is 13.2. The van der Waals surface area contributed by atoms with E-state index >= 15 is 0 Å². The first kappa shape index (κ1) is 35.4. The predicted molar refractivity (Wildman–Crippen MR) is 196 cm³/mol. The molecule has 1 saturated heterocycles. The summed E-state index contributed by atoms with van der Waals surface area (Å²) in [5.74, 6) is 0.349. The lowest BCUT2D eigenvalue weighted by molar-refractivity contribution is -0.136. The van der Waals surface area contributed by atoms with Crippen molar-refractivity contribution in [1.82, 2.24) is 20.2 Å². The summed E-state index contributed by atoms with van der Waals surface area (Å²) in [5.41, 5.74) is 3.99. The number of nitrogens with zero attached hydrogens (tertiary/aromatic N) is 3. The number of anilines is 1. The monoisotopic (exact) mass is 715 g/mol. The summed E-state index contributed by atoms with van der Waals surface area (Å²) < 4.78 is 17.7. The number of amides is 4. The second-order valence-corrected chi connectivity index (χ2v) is 14.0. The molecule has 53 heavy (non-hydrogen) atoms. The number of imide groups is 2. The van der Waals surface area contributed by atoms with Crippen molar-refractivity contribution in [1.29, 1.82) is 0 Å². The van der Waals surface area contributed by atoms with Gasteiger partial charge in [-0.05, 0) is 73.0 Å². The van der Waals surface area contributed by atoms with Gasteiger partial charge in [0.2, 0.25) is 11.8 Å². The number of hydrogen-bond acceptors (Lipinski definition) is 10. The second kappa shape index (κ2) is 14.5. The Labute approximate surface area is 307 Å². The Morgan fingerprint density at radius 2 is 1.60 bits per heavy atom. The van der Waals surface area contributed by atoms with Crippen molar-refractivity contribution >= 4 is 35.1 Å². The van der Waals surface area contributed by atoms with E-state index in [0.29, 0.717) is 30.5 Å². The van der Waals surface area contributed by atoms with Crippen LogP contribution in [0.1, 0.15) is 89.8 Å². The van der Waals surface area contributed by atoms with Crippen LogP contribution < -0.4 is 20.1 Å². The van der Waals surface area contributed by atoms with Crippen LogP contribution in [-0.4, -0.2) is 63.3 Å². The van der Waals surface area contributed by atoms with Crippen molar-refractivity contribution in [3.8, 4) is 11.5 Å². The Morgan fingerprint density at radius 3 is 2.28 bits per heavy atom. The van der Waals surface area contributed by atoms with Gasteiger partial charge in [0.1, 0.15) is 30.3 Å². The Kier molecular flexibility index (Phi) is 9.70. The van der Waals surface area contributed by atoms with Gasteiger partial charge in [-0.25, -0.2) is 9.97 Å². The van der Waals surface area contributed by atoms with E-state index in [1.807, 2.05) is 31.2 Å². The summed E-state index contributed by atoms with van der Waals surface area (Å²) in [6.45, 7) is 10.9. The zero-order valence-electron chi connectivity index (χ0n) is 29.9. The molecular formula is C41H41N5O7. The van der Waals surface area contributed by atoms with Gasteiger partial charge >= 0.3 is 0 Å². The molecule has 2 fully saturated rings. The molecule has 3 heterocycles. The van der Waals surface area contributed by atoms with Gasteiger partial charge in [-0.1, -0.05) is 44.7 Å².